The van der Waals surface area contributed by atoms with Gasteiger partial charge in [0, 0.05) is 51.8 Å². The first-order valence-electron chi connectivity index (χ1n) is 10.6. The lowest BCUT2D eigenvalue weighted by atomic mass is 10.1. The van der Waals surface area contributed by atoms with Gasteiger partial charge < -0.3 is 19.8 Å². The van der Waals surface area contributed by atoms with Gasteiger partial charge >= 0.3 is 0 Å². The Kier molecular flexibility index (Phi) is 8.40. The SMILES string of the molecule is O=C(C=Cc1ccc(F)c(Cl)c1)N1CCC(=O)N(CCCN2CC[C@H](F)[C@@H](O)C2)CC1. The van der Waals surface area contributed by atoms with Crippen LogP contribution in [0.25, 0.3) is 6.08 Å². The summed E-state index contributed by atoms with van der Waals surface area (Å²) in [7, 11) is 0. The Bertz CT molecular complexity index is 823. The number of rotatable bonds is 6. The maximum atomic E-state index is 13.4. The molecule has 6 nitrogen and oxygen atoms in total. The van der Waals surface area contributed by atoms with Crippen molar-refractivity contribution in [1.82, 2.24) is 14.7 Å². The zero-order chi connectivity index (χ0) is 22.4. The molecule has 2 atom stereocenters. The van der Waals surface area contributed by atoms with Crippen LogP contribution in [-0.4, -0.2) is 89.7 Å². The van der Waals surface area contributed by atoms with E-state index >= 15 is 0 Å². The summed E-state index contributed by atoms with van der Waals surface area (Å²) in [5, 5.41) is 9.65. The van der Waals surface area contributed by atoms with E-state index in [1.165, 1.54) is 24.3 Å². The van der Waals surface area contributed by atoms with Crippen LogP contribution in [0.2, 0.25) is 5.02 Å². The molecule has 0 unspecified atom stereocenters. The topological polar surface area (TPSA) is 64.1 Å². The molecule has 0 aromatic heterocycles. The number of aliphatic hydroxyl groups excluding tert-OH is 1. The molecule has 0 saturated carbocycles. The average Bonchev–Trinajstić information content (AvgIpc) is 2.93. The summed E-state index contributed by atoms with van der Waals surface area (Å²) >= 11 is 5.76. The van der Waals surface area contributed by atoms with Gasteiger partial charge in [-0.15, -0.1) is 0 Å². The van der Waals surface area contributed by atoms with Crippen molar-refractivity contribution in [3.05, 3.63) is 40.7 Å². The molecule has 0 aliphatic carbocycles. The molecule has 0 bridgehead atoms. The highest BCUT2D eigenvalue weighted by Crippen LogP contribution is 2.17. The summed E-state index contributed by atoms with van der Waals surface area (Å²) < 4.78 is 26.6. The largest absolute Gasteiger partial charge is 0.389 e. The van der Waals surface area contributed by atoms with Crippen molar-refractivity contribution in [1.29, 1.82) is 0 Å². The van der Waals surface area contributed by atoms with Crippen molar-refractivity contribution in [2.75, 3.05) is 45.8 Å². The average molecular weight is 456 g/mol. The fourth-order valence-corrected chi connectivity index (χ4v) is 4.06. The third-order valence-corrected chi connectivity index (χ3v) is 6.04. The predicted octanol–water partition coefficient (Wildman–Crippen LogP) is 2.35. The molecule has 0 spiro atoms. The molecule has 2 aliphatic heterocycles. The number of aliphatic hydroxyl groups is 1. The van der Waals surface area contributed by atoms with E-state index in [2.05, 4.69) is 0 Å². The van der Waals surface area contributed by atoms with Gasteiger partial charge in [-0.3, -0.25) is 9.59 Å². The number of halogens is 3. The maximum Gasteiger partial charge on any atom is 0.246 e. The van der Waals surface area contributed by atoms with Crippen LogP contribution in [0.3, 0.4) is 0 Å². The zero-order valence-corrected chi connectivity index (χ0v) is 18.1. The Balaban J connectivity index is 1.45. The van der Waals surface area contributed by atoms with Crippen molar-refractivity contribution < 1.29 is 23.5 Å². The van der Waals surface area contributed by atoms with E-state index in [1.54, 1.807) is 15.9 Å². The molecule has 2 fully saturated rings. The Labute approximate surface area is 186 Å². The Morgan fingerprint density at radius 3 is 2.77 bits per heavy atom. The lowest BCUT2D eigenvalue weighted by molar-refractivity contribution is -0.130. The number of likely N-dealkylation sites (tertiary alicyclic amines) is 1. The molecule has 170 valence electrons. The summed E-state index contributed by atoms with van der Waals surface area (Å²) in [6, 6.07) is 4.23. The van der Waals surface area contributed by atoms with E-state index in [-0.39, 0.29) is 23.3 Å². The van der Waals surface area contributed by atoms with Gasteiger partial charge in [-0.05, 0) is 43.2 Å². The van der Waals surface area contributed by atoms with Crippen molar-refractivity contribution in [2.45, 2.75) is 31.5 Å². The number of β-amino-alcohol motifs (C(OH)–C–C–N with tert-alkyl or cyclic N) is 1. The van der Waals surface area contributed by atoms with E-state index in [0.29, 0.717) is 57.8 Å². The summed E-state index contributed by atoms with van der Waals surface area (Å²) in [5.41, 5.74) is 0.620. The number of hydrogen-bond acceptors (Lipinski definition) is 4. The first-order valence-corrected chi connectivity index (χ1v) is 11.0. The normalized spacial score (nSPS) is 23.4. The molecule has 1 aromatic carbocycles. The molecule has 2 aliphatic rings. The number of carbonyl (C=O) groups is 2. The second-order valence-electron chi connectivity index (χ2n) is 7.99. The van der Waals surface area contributed by atoms with Crippen LogP contribution in [0, 0.1) is 5.82 Å². The molecule has 0 radical (unpaired) electrons. The Morgan fingerprint density at radius 1 is 1.23 bits per heavy atom. The second-order valence-corrected chi connectivity index (χ2v) is 8.40. The Morgan fingerprint density at radius 2 is 2.03 bits per heavy atom. The van der Waals surface area contributed by atoms with Crippen molar-refractivity contribution in [3.8, 4) is 0 Å². The third-order valence-electron chi connectivity index (χ3n) is 5.75. The summed E-state index contributed by atoms with van der Waals surface area (Å²) in [6.07, 6.45) is 2.21. The molecular formula is C22H28ClF2N3O3. The number of hydrogen-bond donors (Lipinski definition) is 1. The first-order chi connectivity index (χ1) is 14.8. The van der Waals surface area contributed by atoms with Crippen LogP contribution >= 0.6 is 11.6 Å². The summed E-state index contributed by atoms with van der Waals surface area (Å²) in [6.45, 7) is 3.43. The molecule has 31 heavy (non-hydrogen) atoms. The molecule has 2 heterocycles. The molecule has 1 aromatic rings. The van der Waals surface area contributed by atoms with Crippen molar-refractivity contribution in [3.63, 3.8) is 0 Å². The van der Waals surface area contributed by atoms with E-state index < -0.39 is 18.1 Å². The molecule has 1 N–H and O–H groups in total. The van der Waals surface area contributed by atoms with Crippen molar-refractivity contribution >= 4 is 29.5 Å². The highest BCUT2D eigenvalue weighted by Gasteiger charge is 2.27. The van der Waals surface area contributed by atoms with Gasteiger partial charge in [0.15, 0.2) is 0 Å². The number of piperidine rings is 1. The van der Waals surface area contributed by atoms with Gasteiger partial charge in [0.1, 0.15) is 12.0 Å². The molecule has 2 saturated heterocycles. The van der Waals surface area contributed by atoms with Gasteiger partial charge in [0.2, 0.25) is 11.8 Å². The van der Waals surface area contributed by atoms with Crippen LogP contribution in [0.15, 0.2) is 24.3 Å². The van der Waals surface area contributed by atoms with Gasteiger partial charge in [-0.2, -0.15) is 0 Å². The minimum atomic E-state index is -1.15. The molecular weight excluding hydrogens is 428 g/mol. The Hall–Kier alpha value is -2.03. The third kappa shape index (κ3) is 6.72. The van der Waals surface area contributed by atoms with Gasteiger partial charge in [0.25, 0.3) is 0 Å². The van der Waals surface area contributed by atoms with E-state index in [4.69, 9.17) is 11.6 Å². The summed E-state index contributed by atoms with van der Waals surface area (Å²) in [5.74, 6) is -0.718. The number of benzene rings is 1. The van der Waals surface area contributed by atoms with Crippen LogP contribution in [0.5, 0.6) is 0 Å². The number of amides is 2. The number of carbonyl (C=O) groups excluding carboxylic acids is 2. The van der Waals surface area contributed by atoms with E-state index in [9.17, 15) is 23.5 Å². The van der Waals surface area contributed by atoms with Gasteiger partial charge in [-0.1, -0.05) is 17.7 Å². The lowest BCUT2D eigenvalue weighted by Gasteiger charge is -2.32. The lowest BCUT2D eigenvalue weighted by Crippen LogP contribution is -2.45. The first kappa shape index (κ1) is 23.6. The van der Waals surface area contributed by atoms with Crippen LogP contribution < -0.4 is 0 Å². The predicted molar refractivity (Wildman–Crippen MR) is 115 cm³/mol. The molecule has 9 heteroatoms. The quantitative estimate of drug-likeness (QED) is 0.669. The number of nitrogens with zero attached hydrogens (tertiary/aromatic N) is 3. The van der Waals surface area contributed by atoms with Gasteiger partial charge in [-0.25, -0.2) is 8.78 Å². The molecule has 3 rings (SSSR count). The van der Waals surface area contributed by atoms with Gasteiger partial charge in [0.05, 0.1) is 11.1 Å². The van der Waals surface area contributed by atoms with E-state index in [1.807, 2.05) is 4.90 Å². The highest BCUT2D eigenvalue weighted by atomic mass is 35.5. The standard InChI is InChI=1S/C22H28ClF2N3O3/c23-17-14-16(2-4-18(17)24)3-5-21(30)28-11-7-22(31)27(12-13-28)9-1-8-26-10-6-19(25)20(29)15-26/h2-5,14,19-20,29H,1,6-13,15H2/t19-,20-/m0/s1. The molecule has 2 amide bonds. The van der Waals surface area contributed by atoms with Crippen LogP contribution in [-0.2, 0) is 9.59 Å². The fourth-order valence-electron chi connectivity index (χ4n) is 3.87. The smallest absolute Gasteiger partial charge is 0.246 e. The minimum absolute atomic E-state index is 0.00538. The fraction of sp³-hybridized carbons (Fsp3) is 0.545. The summed E-state index contributed by atoms with van der Waals surface area (Å²) in [4.78, 5) is 30.3. The van der Waals surface area contributed by atoms with E-state index in [0.717, 1.165) is 6.42 Å². The minimum Gasteiger partial charge on any atom is -0.389 e. The maximum absolute atomic E-state index is 13.4. The monoisotopic (exact) mass is 455 g/mol. The number of alkyl halides is 1. The van der Waals surface area contributed by atoms with Crippen molar-refractivity contribution in [2.24, 2.45) is 0 Å². The van der Waals surface area contributed by atoms with Crippen LogP contribution in [0.4, 0.5) is 8.78 Å². The highest BCUT2D eigenvalue weighted by molar-refractivity contribution is 6.30. The van der Waals surface area contributed by atoms with Crippen LogP contribution in [0.1, 0.15) is 24.8 Å². The zero-order valence-electron chi connectivity index (χ0n) is 17.4. The second kappa shape index (κ2) is 11.0.